The Kier molecular flexibility index (Phi) is 4.81. The molecule has 21 heavy (non-hydrogen) atoms. The molecule has 0 radical (unpaired) electrons. The molecule has 0 aliphatic rings. The maximum atomic E-state index is 11.8. The molecule has 108 valence electrons. The minimum absolute atomic E-state index is 0.0655. The van der Waals surface area contributed by atoms with Crippen molar-refractivity contribution in [2.45, 2.75) is 6.92 Å². The monoisotopic (exact) mass is 286 g/mol. The zero-order valence-corrected chi connectivity index (χ0v) is 11.4. The molecule has 0 bridgehead atoms. The topological polar surface area (TPSA) is 93.2 Å². The number of aromatic nitrogens is 2. The van der Waals surface area contributed by atoms with Crippen LogP contribution in [0.5, 0.6) is 5.75 Å². The first kappa shape index (κ1) is 14.4. The van der Waals surface area contributed by atoms with E-state index in [9.17, 15) is 9.59 Å². The lowest BCUT2D eigenvalue weighted by molar-refractivity contribution is -0.133. The van der Waals surface area contributed by atoms with Gasteiger partial charge >= 0.3 is 11.8 Å². The SMILES string of the molecule is CCOc1ccccc1NC(=O)C(=O)Nc1ncccn1. The summed E-state index contributed by atoms with van der Waals surface area (Å²) < 4.78 is 5.36. The molecule has 0 fully saturated rings. The molecular weight excluding hydrogens is 272 g/mol. The van der Waals surface area contributed by atoms with Crippen LogP contribution in [0.25, 0.3) is 0 Å². The van der Waals surface area contributed by atoms with E-state index < -0.39 is 11.8 Å². The van der Waals surface area contributed by atoms with Crippen LogP contribution in [0.4, 0.5) is 11.6 Å². The fraction of sp³-hybridized carbons (Fsp3) is 0.143. The van der Waals surface area contributed by atoms with Gasteiger partial charge in [0.15, 0.2) is 0 Å². The molecule has 7 nitrogen and oxygen atoms in total. The summed E-state index contributed by atoms with van der Waals surface area (Å²) >= 11 is 0. The molecular formula is C14H14N4O3. The van der Waals surface area contributed by atoms with Crippen LogP contribution in [-0.2, 0) is 9.59 Å². The van der Waals surface area contributed by atoms with E-state index in [1.807, 2.05) is 6.92 Å². The molecule has 0 spiro atoms. The van der Waals surface area contributed by atoms with Crippen LogP contribution in [-0.4, -0.2) is 28.4 Å². The highest BCUT2D eigenvalue weighted by molar-refractivity contribution is 6.43. The molecule has 0 aliphatic heterocycles. The maximum absolute atomic E-state index is 11.8. The number of rotatable bonds is 4. The van der Waals surface area contributed by atoms with E-state index in [1.165, 1.54) is 12.4 Å². The summed E-state index contributed by atoms with van der Waals surface area (Å²) in [6.45, 7) is 2.29. The Morgan fingerprint density at radius 3 is 2.43 bits per heavy atom. The van der Waals surface area contributed by atoms with Crippen molar-refractivity contribution in [2.75, 3.05) is 17.2 Å². The highest BCUT2D eigenvalue weighted by Gasteiger charge is 2.16. The predicted molar refractivity (Wildman–Crippen MR) is 76.9 cm³/mol. The fourth-order valence-electron chi connectivity index (χ4n) is 1.55. The minimum Gasteiger partial charge on any atom is -0.492 e. The van der Waals surface area contributed by atoms with Crippen molar-refractivity contribution >= 4 is 23.5 Å². The average Bonchev–Trinajstić information content (AvgIpc) is 2.50. The Bertz CT molecular complexity index is 631. The average molecular weight is 286 g/mol. The van der Waals surface area contributed by atoms with Gasteiger partial charge in [-0.15, -0.1) is 0 Å². The molecule has 0 atom stereocenters. The van der Waals surface area contributed by atoms with Crippen molar-refractivity contribution in [2.24, 2.45) is 0 Å². The van der Waals surface area contributed by atoms with Gasteiger partial charge in [0.25, 0.3) is 0 Å². The first-order chi connectivity index (χ1) is 10.2. The van der Waals surface area contributed by atoms with Crippen LogP contribution in [0, 0.1) is 0 Å². The van der Waals surface area contributed by atoms with Gasteiger partial charge in [-0.3, -0.25) is 14.9 Å². The van der Waals surface area contributed by atoms with Crippen molar-refractivity contribution in [1.82, 2.24) is 9.97 Å². The molecule has 1 aromatic heterocycles. The number of nitrogens with zero attached hydrogens (tertiary/aromatic N) is 2. The minimum atomic E-state index is -0.854. The van der Waals surface area contributed by atoms with Gasteiger partial charge in [0.1, 0.15) is 5.75 Å². The van der Waals surface area contributed by atoms with Crippen LogP contribution in [0.3, 0.4) is 0 Å². The molecule has 2 N–H and O–H groups in total. The van der Waals surface area contributed by atoms with Gasteiger partial charge in [0.2, 0.25) is 5.95 Å². The number of carbonyl (C=O) groups is 2. The van der Waals surface area contributed by atoms with Crippen molar-refractivity contribution in [3.63, 3.8) is 0 Å². The zero-order valence-electron chi connectivity index (χ0n) is 11.4. The van der Waals surface area contributed by atoms with E-state index in [0.717, 1.165) is 0 Å². The number of nitrogens with one attached hydrogen (secondary N) is 2. The van der Waals surface area contributed by atoms with Crippen molar-refractivity contribution in [1.29, 1.82) is 0 Å². The van der Waals surface area contributed by atoms with Gasteiger partial charge in [-0.25, -0.2) is 9.97 Å². The van der Waals surface area contributed by atoms with Crippen molar-refractivity contribution in [3.05, 3.63) is 42.7 Å². The second-order valence-electron chi connectivity index (χ2n) is 3.91. The maximum Gasteiger partial charge on any atom is 0.316 e. The lowest BCUT2D eigenvalue weighted by Gasteiger charge is -2.10. The lowest BCUT2D eigenvalue weighted by atomic mass is 10.3. The van der Waals surface area contributed by atoms with Crippen LogP contribution >= 0.6 is 0 Å². The van der Waals surface area contributed by atoms with Gasteiger partial charge in [0.05, 0.1) is 12.3 Å². The predicted octanol–water partition coefficient (Wildman–Crippen LogP) is 1.45. The Morgan fingerprint density at radius 2 is 1.71 bits per heavy atom. The van der Waals surface area contributed by atoms with Gasteiger partial charge in [-0.05, 0) is 25.1 Å². The van der Waals surface area contributed by atoms with E-state index in [-0.39, 0.29) is 5.95 Å². The van der Waals surface area contributed by atoms with Crippen LogP contribution < -0.4 is 15.4 Å². The second-order valence-corrected chi connectivity index (χ2v) is 3.91. The summed E-state index contributed by atoms with van der Waals surface area (Å²) in [5.74, 6) is -1.12. The highest BCUT2D eigenvalue weighted by atomic mass is 16.5. The standard InChI is InChI=1S/C14H14N4O3/c1-2-21-11-7-4-3-6-10(11)17-12(19)13(20)18-14-15-8-5-9-16-14/h3-9H,2H2,1H3,(H,17,19)(H,15,16,18,20). The van der Waals surface area contributed by atoms with E-state index in [1.54, 1.807) is 30.3 Å². The van der Waals surface area contributed by atoms with Gasteiger partial charge in [-0.1, -0.05) is 12.1 Å². The first-order valence-electron chi connectivity index (χ1n) is 6.32. The summed E-state index contributed by atoms with van der Waals surface area (Å²) in [5, 5.41) is 4.78. The molecule has 2 amide bonds. The molecule has 0 saturated carbocycles. The number of carbonyl (C=O) groups excluding carboxylic acids is 2. The van der Waals surface area contributed by atoms with E-state index in [4.69, 9.17) is 4.74 Å². The van der Waals surface area contributed by atoms with Crippen molar-refractivity contribution < 1.29 is 14.3 Å². The Morgan fingerprint density at radius 1 is 1.05 bits per heavy atom. The molecule has 1 aromatic carbocycles. The third kappa shape index (κ3) is 4.00. The summed E-state index contributed by atoms with van der Waals surface area (Å²) in [5.41, 5.74) is 0.425. The van der Waals surface area contributed by atoms with Gasteiger partial charge < -0.3 is 10.1 Å². The smallest absolute Gasteiger partial charge is 0.316 e. The molecule has 0 saturated heterocycles. The Hall–Kier alpha value is -2.96. The normalized spacial score (nSPS) is 9.76. The molecule has 2 aromatic rings. The van der Waals surface area contributed by atoms with Crippen LogP contribution in [0.15, 0.2) is 42.7 Å². The first-order valence-corrected chi connectivity index (χ1v) is 6.32. The molecule has 7 heteroatoms. The quantitative estimate of drug-likeness (QED) is 0.830. The Balaban J connectivity index is 2.03. The summed E-state index contributed by atoms with van der Waals surface area (Å²) in [6.07, 6.45) is 2.93. The molecule has 0 aliphatic carbocycles. The molecule has 2 rings (SSSR count). The number of para-hydroxylation sites is 2. The highest BCUT2D eigenvalue weighted by Crippen LogP contribution is 2.23. The number of hydrogen-bond acceptors (Lipinski definition) is 5. The Labute approximate surface area is 121 Å². The third-order valence-electron chi connectivity index (χ3n) is 2.43. The number of anilines is 2. The number of benzene rings is 1. The summed E-state index contributed by atoms with van der Waals surface area (Å²) in [6, 6.07) is 8.47. The lowest BCUT2D eigenvalue weighted by Crippen LogP contribution is -2.29. The van der Waals surface area contributed by atoms with E-state index >= 15 is 0 Å². The van der Waals surface area contributed by atoms with Gasteiger partial charge in [-0.2, -0.15) is 0 Å². The van der Waals surface area contributed by atoms with E-state index in [2.05, 4.69) is 20.6 Å². The van der Waals surface area contributed by atoms with Crippen LogP contribution in [0.2, 0.25) is 0 Å². The van der Waals surface area contributed by atoms with Crippen molar-refractivity contribution in [3.8, 4) is 5.75 Å². The van der Waals surface area contributed by atoms with E-state index in [0.29, 0.717) is 18.0 Å². The summed E-state index contributed by atoms with van der Waals surface area (Å²) in [7, 11) is 0. The molecule has 0 unspecified atom stereocenters. The number of amides is 2. The van der Waals surface area contributed by atoms with Gasteiger partial charge in [0, 0.05) is 12.4 Å². The summed E-state index contributed by atoms with van der Waals surface area (Å²) in [4.78, 5) is 31.2. The fourth-order valence-corrected chi connectivity index (χ4v) is 1.55. The second kappa shape index (κ2) is 6.99. The largest absolute Gasteiger partial charge is 0.492 e. The number of hydrogen-bond donors (Lipinski definition) is 2. The third-order valence-corrected chi connectivity index (χ3v) is 2.43. The number of ether oxygens (including phenoxy) is 1. The van der Waals surface area contributed by atoms with Crippen LogP contribution in [0.1, 0.15) is 6.92 Å². The zero-order chi connectivity index (χ0) is 15.1. The molecule has 1 heterocycles.